The summed E-state index contributed by atoms with van der Waals surface area (Å²) in [4.78, 5) is 2.38. The van der Waals surface area contributed by atoms with E-state index in [0.717, 1.165) is 72.1 Å². The average Bonchev–Trinajstić information content (AvgIpc) is 3.80. The Morgan fingerprint density at radius 3 is 1.96 bits per heavy atom. The van der Waals surface area contributed by atoms with Gasteiger partial charge in [0, 0.05) is 53.3 Å². The molecule has 0 radical (unpaired) electrons. The highest BCUT2D eigenvalue weighted by Crippen LogP contribution is 2.48. The van der Waals surface area contributed by atoms with Crippen LogP contribution in [0.1, 0.15) is 0 Å². The summed E-state index contributed by atoms with van der Waals surface area (Å²) in [5.74, 6) is 0. The van der Waals surface area contributed by atoms with Gasteiger partial charge in [-0.1, -0.05) is 91.0 Å². The van der Waals surface area contributed by atoms with Crippen LogP contribution >= 0.6 is 11.3 Å². The summed E-state index contributed by atoms with van der Waals surface area (Å²) < 4.78 is 15.5. The summed E-state index contributed by atoms with van der Waals surface area (Å²) in [6.45, 7) is 0. The first kappa shape index (κ1) is 25.5. The lowest BCUT2D eigenvalue weighted by Gasteiger charge is -2.27. The van der Waals surface area contributed by atoms with E-state index in [-0.39, 0.29) is 0 Å². The second-order valence-electron chi connectivity index (χ2n) is 11.7. The molecule has 10 rings (SSSR count). The summed E-state index contributed by atoms with van der Waals surface area (Å²) >= 11 is 1.84. The van der Waals surface area contributed by atoms with Gasteiger partial charge in [-0.05, 0) is 66.2 Å². The maximum absolute atomic E-state index is 6.69. The van der Waals surface area contributed by atoms with Crippen LogP contribution in [0.15, 0.2) is 160 Å². The van der Waals surface area contributed by atoms with Gasteiger partial charge in [-0.25, -0.2) is 0 Å². The van der Waals surface area contributed by atoms with Crippen LogP contribution in [0.25, 0.3) is 75.2 Å². The van der Waals surface area contributed by atoms with Crippen LogP contribution in [0.5, 0.6) is 0 Å². The highest BCUT2D eigenvalue weighted by Gasteiger charge is 2.23. The van der Waals surface area contributed by atoms with E-state index in [2.05, 4.69) is 138 Å². The van der Waals surface area contributed by atoms with E-state index in [0.29, 0.717) is 0 Å². The Balaban J connectivity index is 1.29. The lowest BCUT2D eigenvalue weighted by molar-refractivity contribution is 0.669. The molecule has 46 heavy (non-hydrogen) atoms. The molecule has 7 aromatic carbocycles. The topological polar surface area (TPSA) is 29.5 Å². The zero-order chi connectivity index (χ0) is 30.2. The van der Waals surface area contributed by atoms with Gasteiger partial charge in [0.25, 0.3) is 0 Å². The van der Waals surface area contributed by atoms with Crippen LogP contribution in [0.3, 0.4) is 0 Å². The fourth-order valence-electron chi connectivity index (χ4n) is 6.98. The molecule has 0 unspecified atom stereocenters. The molecule has 0 amide bonds. The third-order valence-electron chi connectivity index (χ3n) is 9.07. The number of benzene rings is 7. The highest BCUT2D eigenvalue weighted by atomic mass is 32.1. The number of para-hydroxylation sites is 2. The molecule has 3 aromatic heterocycles. The zero-order valence-electron chi connectivity index (χ0n) is 24.6. The Bertz CT molecular complexity index is 2770. The third-order valence-corrected chi connectivity index (χ3v) is 10.2. The Hall–Kier alpha value is -5.84. The number of nitrogens with zero attached hydrogens (tertiary/aromatic N) is 1. The zero-order valence-corrected chi connectivity index (χ0v) is 25.4. The van der Waals surface area contributed by atoms with E-state index < -0.39 is 0 Å². The van der Waals surface area contributed by atoms with Gasteiger partial charge in [-0.2, -0.15) is 0 Å². The maximum atomic E-state index is 6.69. The SMILES string of the molecule is c1ccc(-c2ccc(N(c3ccc4c(c3)sc3ccccc34)c3ccc4oc5ccccc5c4c3)c3c2oc2ccccc23)cc1. The van der Waals surface area contributed by atoms with Gasteiger partial charge < -0.3 is 13.7 Å². The van der Waals surface area contributed by atoms with Crippen LogP contribution < -0.4 is 4.90 Å². The largest absolute Gasteiger partial charge is 0.456 e. The summed E-state index contributed by atoms with van der Waals surface area (Å²) in [6, 6.07) is 53.6. The van der Waals surface area contributed by atoms with Crippen molar-refractivity contribution in [3.8, 4) is 11.1 Å². The van der Waals surface area contributed by atoms with Gasteiger partial charge in [0.15, 0.2) is 0 Å². The van der Waals surface area contributed by atoms with Crippen molar-refractivity contribution in [2.24, 2.45) is 0 Å². The lowest BCUT2D eigenvalue weighted by atomic mass is 9.99. The standard InChI is InChI=1S/C42H25NO2S/c1-2-10-26(11-3-1)29-21-22-35(41-33-14-5-8-16-37(33)45-42(29)41)43(27-19-23-38-34(24-27)30-12-4-7-15-36(30)44-38)28-18-20-32-31-13-6-9-17-39(31)46-40(32)25-28/h1-25H. The molecule has 0 N–H and O–H groups in total. The third kappa shape index (κ3) is 3.77. The fourth-order valence-corrected chi connectivity index (χ4v) is 8.12. The van der Waals surface area contributed by atoms with Crippen molar-refractivity contribution in [1.82, 2.24) is 0 Å². The number of fused-ring (bicyclic) bond motifs is 9. The summed E-state index contributed by atoms with van der Waals surface area (Å²) in [6.07, 6.45) is 0. The first-order valence-electron chi connectivity index (χ1n) is 15.4. The minimum absolute atomic E-state index is 0.873. The van der Waals surface area contributed by atoms with Crippen LogP contribution in [0.4, 0.5) is 17.1 Å². The highest BCUT2D eigenvalue weighted by molar-refractivity contribution is 7.25. The molecule has 3 heterocycles. The first-order chi connectivity index (χ1) is 22.8. The van der Waals surface area contributed by atoms with Crippen molar-refractivity contribution >= 4 is 92.4 Å². The van der Waals surface area contributed by atoms with Crippen LogP contribution in [0, 0.1) is 0 Å². The molecule has 0 bridgehead atoms. The first-order valence-corrected chi connectivity index (χ1v) is 16.2. The van der Waals surface area contributed by atoms with Crippen molar-refractivity contribution in [2.75, 3.05) is 4.90 Å². The molecule has 0 saturated carbocycles. The molecule has 216 valence electrons. The molecule has 0 spiro atoms. The molecule has 0 fully saturated rings. The minimum Gasteiger partial charge on any atom is -0.456 e. The van der Waals surface area contributed by atoms with E-state index in [1.807, 2.05) is 29.5 Å². The van der Waals surface area contributed by atoms with E-state index in [1.165, 1.54) is 20.2 Å². The van der Waals surface area contributed by atoms with Gasteiger partial charge >= 0.3 is 0 Å². The molecular weight excluding hydrogens is 583 g/mol. The number of anilines is 3. The minimum atomic E-state index is 0.873. The average molecular weight is 608 g/mol. The van der Waals surface area contributed by atoms with Gasteiger partial charge in [0.2, 0.25) is 0 Å². The number of hydrogen-bond acceptors (Lipinski definition) is 4. The quantitative estimate of drug-likeness (QED) is 0.199. The molecule has 0 aliphatic carbocycles. The second-order valence-corrected chi connectivity index (χ2v) is 12.8. The van der Waals surface area contributed by atoms with Crippen molar-refractivity contribution in [2.45, 2.75) is 0 Å². The molecule has 10 aromatic rings. The molecule has 0 saturated heterocycles. The van der Waals surface area contributed by atoms with Gasteiger partial charge in [0.05, 0.1) is 11.1 Å². The van der Waals surface area contributed by atoms with Crippen molar-refractivity contribution in [3.05, 3.63) is 152 Å². The Labute approximate surface area is 268 Å². The normalized spacial score (nSPS) is 11.9. The number of furan rings is 2. The smallest absolute Gasteiger partial charge is 0.145 e. The molecule has 0 aliphatic heterocycles. The van der Waals surface area contributed by atoms with Crippen LogP contribution in [-0.4, -0.2) is 0 Å². The Morgan fingerprint density at radius 2 is 1.09 bits per heavy atom. The number of thiophene rings is 1. The Morgan fingerprint density at radius 1 is 0.435 bits per heavy atom. The van der Waals surface area contributed by atoms with Crippen LogP contribution in [0.2, 0.25) is 0 Å². The second kappa shape index (κ2) is 9.83. The van der Waals surface area contributed by atoms with Gasteiger partial charge in [-0.3, -0.25) is 0 Å². The Kier molecular flexibility index (Phi) is 5.45. The van der Waals surface area contributed by atoms with Crippen LogP contribution in [-0.2, 0) is 0 Å². The fraction of sp³-hybridized carbons (Fsp3) is 0. The predicted octanol–water partition coefficient (Wildman–Crippen LogP) is 13.0. The van der Waals surface area contributed by atoms with E-state index in [1.54, 1.807) is 0 Å². The maximum Gasteiger partial charge on any atom is 0.145 e. The van der Waals surface area contributed by atoms with E-state index >= 15 is 0 Å². The monoisotopic (exact) mass is 607 g/mol. The van der Waals surface area contributed by atoms with Crippen molar-refractivity contribution < 1.29 is 8.83 Å². The van der Waals surface area contributed by atoms with Gasteiger partial charge in [-0.15, -0.1) is 11.3 Å². The van der Waals surface area contributed by atoms with E-state index in [9.17, 15) is 0 Å². The summed E-state index contributed by atoms with van der Waals surface area (Å²) in [5.41, 5.74) is 8.93. The lowest BCUT2D eigenvalue weighted by Crippen LogP contribution is -2.10. The molecule has 0 atom stereocenters. The molecule has 3 nitrogen and oxygen atoms in total. The predicted molar refractivity (Wildman–Crippen MR) is 194 cm³/mol. The number of hydrogen-bond donors (Lipinski definition) is 0. The molecule has 4 heteroatoms. The number of rotatable bonds is 4. The summed E-state index contributed by atoms with van der Waals surface area (Å²) in [5, 5.41) is 6.95. The van der Waals surface area contributed by atoms with Gasteiger partial charge in [0.1, 0.15) is 22.3 Å². The van der Waals surface area contributed by atoms with Crippen molar-refractivity contribution in [3.63, 3.8) is 0 Å². The van der Waals surface area contributed by atoms with Crippen molar-refractivity contribution in [1.29, 1.82) is 0 Å². The molecular formula is C42H25NO2S. The van der Waals surface area contributed by atoms with E-state index in [4.69, 9.17) is 8.83 Å². The molecule has 0 aliphatic rings. The summed E-state index contributed by atoms with van der Waals surface area (Å²) in [7, 11) is 0.